The second kappa shape index (κ2) is 6.37. The number of thiophene rings is 1. The number of ether oxygens (including phenoxy) is 1. The minimum absolute atomic E-state index is 0.891. The Morgan fingerprint density at radius 2 is 2.05 bits per heavy atom. The van der Waals surface area contributed by atoms with E-state index in [2.05, 4.69) is 17.0 Å². The molecule has 0 radical (unpaired) electrons. The van der Waals surface area contributed by atoms with Crippen molar-refractivity contribution in [2.24, 2.45) is 0 Å². The first-order valence-corrected chi connectivity index (χ1v) is 7.66. The fraction of sp³-hybridized carbons (Fsp3) is 0.467. The van der Waals surface area contributed by atoms with Crippen LogP contribution in [0.3, 0.4) is 0 Å². The molecule has 4 heteroatoms. The number of rotatable bonds is 5. The average Bonchev–Trinajstić information content (AvgIpc) is 3.10. The zero-order chi connectivity index (χ0) is 12.9. The smallest absolute Gasteiger partial charge is 0.143 e. The molecule has 0 unspecified atom stereocenters. The van der Waals surface area contributed by atoms with Gasteiger partial charge < -0.3 is 9.15 Å². The summed E-state index contributed by atoms with van der Waals surface area (Å²) in [5.41, 5.74) is 0. The van der Waals surface area contributed by atoms with E-state index in [-0.39, 0.29) is 0 Å². The van der Waals surface area contributed by atoms with E-state index in [4.69, 9.17) is 9.15 Å². The van der Waals surface area contributed by atoms with Crippen molar-refractivity contribution < 1.29 is 9.15 Å². The third-order valence-electron chi connectivity index (χ3n) is 3.43. The molecule has 3 rings (SSSR count). The van der Waals surface area contributed by atoms with E-state index in [0.717, 1.165) is 38.5 Å². The lowest BCUT2D eigenvalue weighted by Gasteiger charge is -2.26. The van der Waals surface area contributed by atoms with Gasteiger partial charge in [-0.2, -0.15) is 0 Å². The minimum atomic E-state index is 0.891. The summed E-state index contributed by atoms with van der Waals surface area (Å²) in [7, 11) is 0. The van der Waals surface area contributed by atoms with E-state index in [1.807, 2.05) is 23.5 Å². The third-order valence-corrected chi connectivity index (χ3v) is 4.59. The van der Waals surface area contributed by atoms with Crippen molar-refractivity contribution in [1.29, 1.82) is 0 Å². The first-order chi connectivity index (χ1) is 9.42. The van der Waals surface area contributed by atoms with Gasteiger partial charge in [0.05, 0.1) is 24.4 Å². The molecule has 3 nitrogen and oxygen atoms in total. The van der Waals surface area contributed by atoms with E-state index in [0.29, 0.717) is 0 Å². The maximum atomic E-state index is 5.42. The molecule has 0 aliphatic carbocycles. The second-order valence-corrected chi connectivity index (χ2v) is 5.97. The molecule has 3 heterocycles. The lowest BCUT2D eigenvalue weighted by molar-refractivity contribution is 0.0375. The Bertz CT molecular complexity index is 486. The number of morpholine rings is 1. The Labute approximate surface area is 117 Å². The highest BCUT2D eigenvalue weighted by molar-refractivity contribution is 7.15. The molecule has 0 aromatic carbocycles. The Balaban J connectivity index is 1.48. The minimum Gasteiger partial charge on any atom is -0.464 e. The molecule has 0 atom stereocenters. The standard InChI is InChI=1S/C15H19NO2S/c1(7-16-8-11-17-12-9-16)3-13-5-6-15(19-13)14-4-2-10-18-14/h2,4-6,10H,1,3,7-9,11-12H2. The summed E-state index contributed by atoms with van der Waals surface area (Å²) >= 11 is 1.84. The SMILES string of the molecule is c1coc(-c2ccc(CCCN3CCOCC3)s2)c1. The predicted octanol–water partition coefficient (Wildman–Crippen LogP) is 3.27. The van der Waals surface area contributed by atoms with Crippen molar-refractivity contribution in [3.8, 4) is 10.6 Å². The number of aryl methyl sites for hydroxylation is 1. The summed E-state index contributed by atoms with van der Waals surface area (Å²) in [6.07, 6.45) is 4.11. The van der Waals surface area contributed by atoms with Gasteiger partial charge in [-0.3, -0.25) is 4.90 Å². The van der Waals surface area contributed by atoms with Gasteiger partial charge in [0, 0.05) is 18.0 Å². The van der Waals surface area contributed by atoms with Gasteiger partial charge in [-0.1, -0.05) is 0 Å². The van der Waals surface area contributed by atoms with Gasteiger partial charge in [0.25, 0.3) is 0 Å². The first-order valence-electron chi connectivity index (χ1n) is 6.84. The quantitative estimate of drug-likeness (QED) is 0.839. The number of hydrogen-bond acceptors (Lipinski definition) is 4. The van der Waals surface area contributed by atoms with Crippen LogP contribution in [0.2, 0.25) is 0 Å². The molecular formula is C15H19NO2S. The highest BCUT2D eigenvalue weighted by Gasteiger charge is 2.10. The monoisotopic (exact) mass is 277 g/mol. The summed E-state index contributed by atoms with van der Waals surface area (Å²) in [5.74, 6) is 0.976. The molecule has 1 saturated heterocycles. The van der Waals surface area contributed by atoms with Crippen LogP contribution in [0.1, 0.15) is 11.3 Å². The fourth-order valence-electron chi connectivity index (χ4n) is 2.37. The van der Waals surface area contributed by atoms with Gasteiger partial charge in [-0.15, -0.1) is 11.3 Å². The van der Waals surface area contributed by atoms with Gasteiger partial charge in [0.15, 0.2) is 0 Å². The first kappa shape index (κ1) is 12.9. The molecule has 0 bridgehead atoms. The topological polar surface area (TPSA) is 25.6 Å². The largest absolute Gasteiger partial charge is 0.464 e. The lowest BCUT2D eigenvalue weighted by atomic mass is 10.2. The van der Waals surface area contributed by atoms with Crippen LogP contribution in [-0.2, 0) is 11.2 Å². The average molecular weight is 277 g/mol. The highest BCUT2D eigenvalue weighted by atomic mass is 32.1. The van der Waals surface area contributed by atoms with E-state index in [1.165, 1.54) is 22.7 Å². The maximum Gasteiger partial charge on any atom is 0.143 e. The van der Waals surface area contributed by atoms with Crippen LogP contribution in [0.15, 0.2) is 34.9 Å². The van der Waals surface area contributed by atoms with Crippen molar-refractivity contribution in [2.45, 2.75) is 12.8 Å². The summed E-state index contributed by atoms with van der Waals surface area (Å²) in [5, 5.41) is 0. The molecule has 1 fully saturated rings. The summed E-state index contributed by atoms with van der Waals surface area (Å²) in [6.45, 7) is 5.13. The molecular weight excluding hydrogens is 258 g/mol. The molecule has 0 saturated carbocycles. The molecule has 1 aliphatic rings. The Kier molecular flexibility index (Phi) is 4.33. The Morgan fingerprint density at radius 1 is 1.16 bits per heavy atom. The van der Waals surface area contributed by atoms with Crippen LogP contribution < -0.4 is 0 Å². The van der Waals surface area contributed by atoms with Gasteiger partial charge in [-0.25, -0.2) is 0 Å². The highest BCUT2D eigenvalue weighted by Crippen LogP contribution is 2.28. The predicted molar refractivity (Wildman–Crippen MR) is 77.6 cm³/mol. The molecule has 2 aromatic rings. The summed E-state index contributed by atoms with van der Waals surface area (Å²) in [4.78, 5) is 5.16. The van der Waals surface area contributed by atoms with Crippen LogP contribution in [0, 0.1) is 0 Å². The van der Waals surface area contributed by atoms with E-state index < -0.39 is 0 Å². The zero-order valence-corrected chi connectivity index (χ0v) is 11.8. The van der Waals surface area contributed by atoms with Crippen LogP contribution >= 0.6 is 11.3 Å². The zero-order valence-electron chi connectivity index (χ0n) is 11.0. The van der Waals surface area contributed by atoms with Crippen LogP contribution in [0.4, 0.5) is 0 Å². The van der Waals surface area contributed by atoms with E-state index >= 15 is 0 Å². The van der Waals surface area contributed by atoms with Crippen LogP contribution in [0.5, 0.6) is 0 Å². The van der Waals surface area contributed by atoms with E-state index in [1.54, 1.807) is 6.26 Å². The molecule has 102 valence electrons. The molecule has 2 aromatic heterocycles. The fourth-order valence-corrected chi connectivity index (χ4v) is 3.38. The maximum absolute atomic E-state index is 5.42. The van der Waals surface area contributed by atoms with Crippen molar-refractivity contribution in [3.05, 3.63) is 35.4 Å². The Morgan fingerprint density at radius 3 is 2.84 bits per heavy atom. The van der Waals surface area contributed by atoms with Crippen LogP contribution in [0.25, 0.3) is 10.6 Å². The van der Waals surface area contributed by atoms with Gasteiger partial charge in [-0.05, 0) is 43.7 Å². The second-order valence-electron chi connectivity index (χ2n) is 4.80. The lowest BCUT2D eigenvalue weighted by Crippen LogP contribution is -2.36. The van der Waals surface area contributed by atoms with Gasteiger partial charge in [0.1, 0.15) is 5.76 Å². The van der Waals surface area contributed by atoms with Crippen LogP contribution in [-0.4, -0.2) is 37.7 Å². The van der Waals surface area contributed by atoms with Gasteiger partial charge >= 0.3 is 0 Å². The summed E-state index contributed by atoms with van der Waals surface area (Å²) in [6, 6.07) is 8.34. The Hall–Kier alpha value is -1.10. The summed E-state index contributed by atoms with van der Waals surface area (Å²) < 4.78 is 10.8. The molecule has 0 spiro atoms. The molecule has 0 N–H and O–H groups in total. The molecule has 19 heavy (non-hydrogen) atoms. The number of furan rings is 1. The normalized spacial score (nSPS) is 16.8. The van der Waals surface area contributed by atoms with E-state index in [9.17, 15) is 0 Å². The number of hydrogen-bond donors (Lipinski definition) is 0. The van der Waals surface area contributed by atoms with Gasteiger partial charge in [0.2, 0.25) is 0 Å². The molecule has 0 amide bonds. The van der Waals surface area contributed by atoms with Crippen molar-refractivity contribution >= 4 is 11.3 Å². The van der Waals surface area contributed by atoms with Crippen molar-refractivity contribution in [3.63, 3.8) is 0 Å². The van der Waals surface area contributed by atoms with Crippen molar-refractivity contribution in [1.82, 2.24) is 4.90 Å². The third kappa shape index (κ3) is 3.47. The molecule has 1 aliphatic heterocycles. The van der Waals surface area contributed by atoms with Crippen molar-refractivity contribution in [2.75, 3.05) is 32.8 Å². The number of nitrogens with zero attached hydrogens (tertiary/aromatic N) is 1.